The van der Waals surface area contributed by atoms with E-state index in [0.29, 0.717) is 18.8 Å². The summed E-state index contributed by atoms with van der Waals surface area (Å²) in [5, 5.41) is 0. The van der Waals surface area contributed by atoms with Crippen LogP contribution in [0.4, 0.5) is 5.82 Å². The normalized spacial score (nSPS) is 15.9. The van der Waals surface area contributed by atoms with Gasteiger partial charge in [-0.2, -0.15) is 0 Å². The van der Waals surface area contributed by atoms with E-state index in [0.717, 1.165) is 47.5 Å². The summed E-state index contributed by atoms with van der Waals surface area (Å²) in [5.41, 5.74) is 9.83. The Hall–Kier alpha value is -3.48. The molecule has 0 radical (unpaired) electrons. The van der Waals surface area contributed by atoms with Gasteiger partial charge in [0.25, 0.3) is 0 Å². The number of nitrogens with two attached hydrogens (primary N) is 1. The molecule has 3 heterocycles. The van der Waals surface area contributed by atoms with Gasteiger partial charge in [0.15, 0.2) is 0 Å². The van der Waals surface area contributed by atoms with Gasteiger partial charge in [-0.3, -0.25) is 4.79 Å². The van der Waals surface area contributed by atoms with Gasteiger partial charge in [0.05, 0.1) is 12.8 Å². The highest BCUT2D eigenvalue weighted by Crippen LogP contribution is 2.33. The molecular weight excluding hydrogens is 378 g/mol. The van der Waals surface area contributed by atoms with Crippen molar-refractivity contribution in [2.75, 3.05) is 25.9 Å². The van der Waals surface area contributed by atoms with E-state index >= 15 is 0 Å². The monoisotopic (exact) mass is 403 g/mol. The Bertz CT molecular complexity index is 1020. The van der Waals surface area contributed by atoms with Crippen LogP contribution in [0.15, 0.2) is 55.1 Å². The SMILES string of the molecule is COc1ccc(CCC(=O)N2CC[C@H](c3ncncc3-c3ccnc(N)c3)C2)cc1. The number of methoxy groups -OCH3 is 1. The molecule has 1 fully saturated rings. The molecule has 4 rings (SSSR count). The summed E-state index contributed by atoms with van der Waals surface area (Å²) in [4.78, 5) is 27.5. The zero-order chi connectivity index (χ0) is 20.9. The lowest BCUT2D eigenvalue weighted by atomic mass is 9.96. The molecule has 0 unspecified atom stereocenters. The van der Waals surface area contributed by atoms with Crippen LogP contribution in [0.25, 0.3) is 11.1 Å². The van der Waals surface area contributed by atoms with Crippen molar-refractivity contribution in [3.63, 3.8) is 0 Å². The topological polar surface area (TPSA) is 94.2 Å². The van der Waals surface area contributed by atoms with Crippen molar-refractivity contribution in [3.05, 3.63) is 66.4 Å². The minimum Gasteiger partial charge on any atom is -0.497 e. The van der Waals surface area contributed by atoms with Crippen molar-refractivity contribution < 1.29 is 9.53 Å². The van der Waals surface area contributed by atoms with Gasteiger partial charge in [-0.05, 0) is 48.2 Å². The standard InChI is InChI=1S/C23H25N5O2/c1-30-19-5-2-16(3-6-19)4-7-22(29)28-11-9-18(14-28)23-20(13-25-15-27-23)17-8-10-26-21(24)12-17/h2-3,5-6,8,10,12-13,15,18H,4,7,9,11,14H2,1H3,(H2,24,26)/t18-/m0/s1. The number of rotatable bonds is 6. The molecule has 0 bridgehead atoms. The Balaban J connectivity index is 1.41. The van der Waals surface area contributed by atoms with E-state index in [2.05, 4.69) is 15.0 Å². The van der Waals surface area contributed by atoms with E-state index in [1.165, 1.54) is 0 Å². The highest BCUT2D eigenvalue weighted by molar-refractivity contribution is 5.77. The largest absolute Gasteiger partial charge is 0.497 e. The Morgan fingerprint density at radius 3 is 2.83 bits per heavy atom. The second-order valence-electron chi connectivity index (χ2n) is 7.46. The first-order chi connectivity index (χ1) is 14.6. The molecule has 0 saturated carbocycles. The maximum atomic E-state index is 12.8. The van der Waals surface area contributed by atoms with E-state index in [1.807, 2.05) is 47.5 Å². The first-order valence-corrected chi connectivity index (χ1v) is 10.1. The lowest BCUT2D eigenvalue weighted by Crippen LogP contribution is -2.28. The van der Waals surface area contributed by atoms with Gasteiger partial charge in [-0.15, -0.1) is 0 Å². The summed E-state index contributed by atoms with van der Waals surface area (Å²) in [7, 11) is 1.65. The second-order valence-corrected chi connectivity index (χ2v) is 7.46. The van der Waals surface area contributed by atoms with Crippen molar-refractivity contribution in [2.24, 2.45) is 0 Å². The van der Waals surface area contributed by atoms with Gasteiger partial charge in [0.1, 0.15) is 17.9 Å². The fraction of sp³-hybridized carbons (Fsp3) is 0.304. The van der Waals surface area contributed by atoms with E-state index in [4.69, 9.17) is 10.5 Å². The predicted molar refractivity (Wildman–Crippen MR) is 115 cm³/mol. The molecule has 2 N–H and O–H groups in total. The average Bonchev–Trinajstić information content (AvgIpc) is 3.28. The molecule has 30 heavy (non-hydrogen) atoms. The quantitative estimate of drug-likeness (QED) is 0.680. The van der Waals surface area contributed by atoms with E-state index < -0.39 is 0 Å². The number of hydrogen-bond donors (Lipinski definition) is 1. The zero-order valence-corrected chi connectivity index (χ0v) is 17.0. The molecule has 1 aromatic carbocycles. The zero-order valence-electron chi connectivity index (χ0n) is 17.0. The minimum absolute atomic E-state index is 0.178. The maximum Gasteiger partial charge on any atom is 0.222 e. The van der Waals surface area contributed by atoms with Gasteiger partial charge in [0.2, 0.25) is 5.91 Å². The fourth-order valence-electron chi connectivity index (χ4n) is 3.91. The van der Waals surface area contributed by atoms with Crippen molar-refractivity contribution in [2.45, 2.75) is 25.2 Å². The number of benzene rings is 1. The van der Waals surface area contributed by atoms with Crippen LogP contribution in [-0.2, 0) is 11.2 Å². The van der Waals surface area contributed by atoms with Gasteiger partial charge in [-0.25, -0.2) is 15.0 Å². The molecule has 7 heteroatoms. The number of carbonyl (C=O) groups is 1. The predicted octanol–water partition coefficient (Wildman–Crippen LogP) is 3.08. The number of hydrogen-bond acceptors (Lipinski definition) is 6. The molecule has 154 valence electrons. The molecular formula is C23H25N5O2. The number of ether oxygens (including phenoxy) is 1. The summed E-state index contributed by atoms with van der Waals surface area (Å²) in [6.07, 6.45) is 7.17. The highest BCUT2D eigenvalue weighted by atomic mass is 16.5. The molecule has 7 nitrogen and oxygen atoms in total. The molecule has 3 aromatic rings. The Labute approximate surface area is 175 Å². The number of anilines is 1. The van der Waals surface area contributed by atoms with Crippen LogP contribution in [0.2, 0.25) is 0 Å². The maximum absolute atomic E-state index is 12.8. The van der Waals surface area contributed by atoms with Crippen LogP contribution in [0.1, 0.15) is 30.0 Å². The number of amides is 1. The number of pyridine rings is 1. The molecule has 1 amide bonds. The van der Waals surface area contributed by atoms with Crippen molar-refractivity contribution in [1.29, 1.82) is 0 Å². The van der Waals surface area contributed by atoms with E-state index in [1.54, 1.807) is 19.6 Å². The number of carbonyl (C=O) groups excluding carboxylic acids is 1. The number of likely N-dealkylation sites (tertiary alicyclic amines) is 1. The smallest absolute Gasteiger partial charge is 0.222 e. The lowest BCUT2D eigenvalue weighted by molar-refractivity contribution is -0.130. The Morgan fingerprint density at radius 2 is 2.07 bits per heavy atom. The minimum atomic E-state index is 0.178. The van der Waals surface area contributed by atoms with E-state index in [-0.39, 0.29) is 11.8 Å². The van der Waals surface area contributed by atoms with Crippen LogP contribution in [0, 0.1) is 0 Å². The third-order valence-corrected chi connectivity index (χ3v) is 5.55. The molecule has 1 aliphatic rings. The van der Waals surface area contributed by atoms with Gasteiger partial charge in [-0.1, -0.05) is 12.1 Å². The number of aromatic nitrogens is 3. The first kappa shape index (κ1) is 19.8. The van der Waals surface area contributed by atoms with Crippen LogP contribution in [0.3, 0.4) is 0 Å². The van der Waals surface area contributed by atoms with Crippen molar-refractivity contribution in [1.82, 2.24) is 19.9 Å². The van der Waals surface area contributed by atoms with Crippen LogP contribution in [-0.4, -0.2) is 46.0 Å². The van der Waals surface area contributed by atoms with Crippen LogP contribution < -0.4 is 10.5 Å². The van der Waals surface area contributed by atoms with Gasteiger partial charge < -0.3 is 15.4 Å². The molecule has 1 saturated heterocycles. The summed E-state index contributed by atoms with van der Waals surface area (Å²) >= 11 is 0. The molecule has 1 aliphatic heterocycles. The first-order valence-electron chi connectivity index (χ1n) is 10.1. The van der Waals surface area contributed by atoms with Crippen LogP contribution in [0.5, 0.6) is 5.75 Å². The third kappa shape index (κ3) is 4.40. The molecule has 1 atom stereocenters. The third-order valence-electron chi connectivity index (χ3n) is 5.55. The van der Waals surface area contributed by atoms with Crippen molar-refractivity contribution >= 4 is 11.7 Å². The lowest BCUT2D eigenvalue weighted by Gasteiger charge is -2.18. The molecule has 0 spiro atoms. The number of aryl methyl sites for hydroxylation is 1. The summed E-state index contributed by atoms with van der Waals surface area (Å²) in [6, 6.07) is 11.6. The van der Waals surface area contributed by atoms with Gasteiger partial charge in [0, 0.05) is 43.4 Å². The highest BCUT2D eigenvalue weighted by Gasteiger charge is 2.29. The Morgan fingerprint density at radius 1 is 1.23 bits per heavy atom. The molecule has 2 aromatic heterocycles. The summed E-state index contributed by atoms with van der Waals surface area (Å²) < 4.78 is 5.18. The number of nitrogen functional groups attached to an aromatic ring is 1. The average molecular weight is 403 g/mol. The van der Waals surface area contributed by atoms with Crippen molar-refractivity contribution in [3.8, 4) is 16.9 Å². The Kier molecular flexibility index (Phi) is 5.88. The van der Waals surface area contributed by atoms with Crippen LogP contribution >= 0.6 is 0 Å². The summed E-state index contributed by atoms with van der Waals surface area (Å²) in [6.45, 7) is 1.42. The second kappa shape index (κ2) is 8.90. The van der Waals surface area contributed by atoms with Gasteiger partial charge >= 0.3 is 0 Å². The summed E-state index contributed by atoms with van der Waals surface area (Å²) in [5.74, 6) is 1.65. The number of nitrogens with zero attached hydrogens (tertiary/aromatic N) is 4. The fourth-order valence-corrected chi connectivity index (χ4v) is 3.91. The molecule has 0 aliphatic carbocycles. The van der Waals surface area contributed by atoms with E-state index in [9.17, 15) is 4.79 Å².